The average Bonchev–Trinajstić information content (AvgIpc) is 3.27. The number of hydrogen-bond donors (Lipinski definition) is 2. The van der Waals surface area contributed by atoms with Gasteiger partial charge >= 0.3 is 6.09 Å². The van der Waals surface area contributed by atoms with Crippen LogP contribution in [0.1, 0.15) is 56.3 Å². The minimum absolute atomic E-state index is 0.202. The molecule has 0 aliphatic rings. The zero-order chi connectivity index (χ0) is 26.4. The molecule has 37 heavy (non-hydrogen) atoms. The number of nitrogens with one attached hydrogen (secondary N) is 2. The summed E-state index contributed by atoms with van der Waals surface area (Å²) < 4.78 is 7.17. The maximum absolute atomic E-state index is 12.0. The van der Waals surface area contributed by atoms with Crippen molar-refractivity contribution >= 4 is 11.8 Å². The van der Waals surface area contributed by atoms with E-state index in [-0.39, 0.29) is 6.04 Å². The van der Waals surface area contributed by atoms with E-state index in [9.17, 15) is 4.79 Å². The smallest absolute Gasteiger partial charge is 0.407 e. The van der Waals surface area contributed by atoms with Crippen molar-refractivity contribution in [3.63, 3.8) is 0 Å². The highest BCUT2D eigenvalue weighted by atomic mass is 16.6. The van der Waals surface area contributed by atoms with Crippen LogP contribution in [0.25, 0.3) is 11.4 Å². The summed E-state index contributed by atoms with van der Waals surface area (Å²) in [6, 6.07) is 26.4. The maximum Gasteiger partial charge on any atom is 0.407 e. The maximum atomic E-state index is 12.0. The number of amides is 1. The van der Waals surface area contributed by atoms with Crippen LogP contribution in [0.3, 0.4) is 0 Å². The van der Waals surface area contributed by atoms with Crippen LogP contribution in [0.4, 0.5) is 10.5 Å². The number of nitrogens with zero attached hydrogens (tertiary/aromatic N) is 3. The van der Waals surface area contributed by atoms with E-state index in [1.807, 2.05) is 87.1 Å². The lowest BCUT2D eigenvalue weighted by Gasteiger charge is -2.21. The predicted molar refractivity (Wildman–Crippen MR) is 147 cm³/mol. The molecule has 1 atom stereocenters. The Morgan fingerprint density at radius 1 is 0.973 bits per heavy atom. The van der Waals surface area contributed by atoms with Crippen LogP contribution in [-0.4, -0.2) is 26.5 Å². The molecule has 0 aliphatic heterocycles. The Morgan fingerprint density at radius 2 is 1.70 bits per heavy atom. The van der Waals surface area contributed by atoms with Gasteiger partial charge in [-0.2, -0.15) is 5.10 Å². The monoisotopic (exact) mass is 497 g/mol. The van der Waals surface area contributed by atoms with E-state index >= 15 is 0 Å². The average molecular weight is 498 g/mol. The van der Waals surface area contributed by atoms with Crippen molar-refractivity contribution in [3.8, 4) is 11.4 Å². The molecule has 7 nitrogen and oxygen atoms in total. The molecule has 3 aromatic carbocycles. The molecule has 0 fully saturated rings. The topological polar surface area (TPSA) is 81.1 Å². The quantitative estimate of drug-likeness (QED) is 0.300. The van der Waals surface area contributed by atoms with Crippen molar-refractivity contribution in [1.82, 2.24) is 20.1 Å². The minimum atomic E-state index is -0.526. The number of benzene rings is 3. The molecule has 0 bridgehead atoms. The first-order chi connectivity index (χ1) is 17.7. The lowest BCUT2D eigenvalue weighted by atomic mass is 10.0. The Labute approximate surface area is 218 Å². The lowest BCUT2D eigenvalue weighted by molar-refractivity contribution is 0.0523. The second-order valence-corrected chi connectivity index (χ2v) is 10.0. The van der Waals surface area contributed by atoms with Gasteiger partial charge in [0.2, 0.25) is 0 Å². The first-order valence-electron chi connectivity index (χ1n) is 12.6. The summed E-state index contributed by atoms with van der Waals surface area (Å²) in [5, 5.41) is 11.2. The van der Waals surface area contributed by atoms with Crippen molar-refractivity contribution in [2.75, 3.05) is 5.32 Å². The number of alkyl carbamates (subject to hydrolysis) is 1. The fourth-order valence-corrected chi connectivity index (χ4v) is 4.02. The number of aromatic nitrogens is 3. The Balaban J connectivity index is 1.57. The second-order valence-electron chi connectivity index (χ2n) is 10.0. The highest BCUT2D eigenvalue weighted by Crippen LogP contribution is 2.28. The van der Waals surface area contributed by atoms with Crippen molar-refractivity contribution in [3.05, 3.63) is 101 Å². The molecule has 1 aromatic heterocycles. The van der Waals surface area contributed by atoms with E-state index in [0.29, 0.717) is 12.4 Å². The number of hydrogen-bond acceptors (Lipinski definition) is 5. The molecule has 1 heterocycles. The van der Waals surface area contributed by atoms with E-state index in [1.165, 1.54) is 5.56 Å². The normalized spacial score (nSPS) is 12.1. The molecule has 0 radical (unpaired) electrons. The predicted octanol–water partition coefficient (Wildman–Crippen LogP) is 6.27. The zero-order valence-electron chi connectivity index (χ0n) is 22.2. The van der Waals surface area contributed by atoms with Gasteiger partial charge in [-0.15, -0.1) is 0 Å². The molecule has 4 rings (SSSR count). The summed E-state index contributed by atoms with van der Waals surface area (Å²) in [6.07, 6.45) is 0.524. The molecule has 192 valence electrons. The Morgan fingerprint density at radius 3 is 2.38 bits per heavy atom. The van der Waals surface area contributed by atoms with Gasteiger partial charge < -0.3 is 15.4 Å². The first-order valence-corrected chi connectivity index (χ1v) is 12.6. The molecule has 0 saturated carbocycles. The van der Waals surface area contributed by atoms with Crippen LogP contribution in [0, 0.1) is 0 Å². The summed E-state index contributed by atoms with van der Waals surface area (Å²) in [5.41, 5.74) is 4.75. The van der Waals surface area contributed by atoms with Gasteiger partial charge in [-0.1, -0.05) is 73.7 Å². The number of anilines is 1. The molecule has 0 saturated heterocycles. The van der Waals surface area contributed by atoms with Gasteiger partial charge in [-0.3, -0.25) is 4.68 Å². The van der Waals surface area contributed by atoms with Gasteiger partial charge in [-0.25, -0.2) is 9.78 Å². The molecule has 0 spiro atoms. The first kappa shape index (κ1) is 25.9. The van der Waals surface area contributed by atoms with Gasteiger partial charge in [-0.05, 0) is 56.0 Å². The Hall–Kier alpha value is -4.13. The highest BCUT2D eigenvalue weighted by molar-refractivity contribution is 5.67. The number of rotatable bonds is 8. The van der Waals surface area contributed by atoms with E-state index in [0.717, 1.165) is 34.6 Å². The van der Waals surface area contributed by atoms with Gasteiger partial charge in [0.05, 0.1) is 0 Å². The largest absolute Gasteiger partial charge is 0.444 e. The summed E-state index contributed by atoms with van der Waals surface area (Å²) in [7, 11) is 1.93. The Kier molecular flexibility index (Phi) is 7.92. The molecule has 1 amide bonds. The van der Waals surface area contributed by atoms with Crippen LogP contribution in [0.5, 0.6) is 0 Å². The van der Waals surface area contributed by atoms with E-state index in [1.54, 1.807) is 0 Å². The minimum Gasteiger partial charge on any atom is -0.444 e. The van der Waals surface area contributed by atoms with Gasteiger partial charge in [0.15, 0.2) is 11.6 Å². The summed E-state index contributed by atoms with van der Waals surface area (Å²) in [4.78, 5) is 16.9. The highest BCUT2D eigenvalue weighted by Gasteiger charge is 2.22. The number of carbonyl (C=O) groups is 1. The molecular formula is C30H35N5O2. The second kappa shape index (κ2) is 11.3. The molecule has 4 aromatic rings. The lowest BCUT2D eigenvalue weighted by Crippen LogP contribution is -2.32. The van der Waals surface area contributed by atoms with Crippen LogP contribution in [-0.2, 0) is 24.8 Å². The Bertz CT molecular complexity index is 1320. The van der Waals surface area contributed by atoms with Crippen LogP contribution in [0.2, 0.25) is 0 Å². The third-order valence-corrected chi connectivity index (χ3v) is 5.88. The van der Waals surface area contributed by atoms with Gasteiger partial charge in [0.25, 0.3) is 0 Å². The number of ether oxygens (including phenoxy) is 1. The standard InChI is InChI=1S/C30H35N5O2/c1-6-21-11-10-14-24(19-21)26(28-33-27(34-35(28)5)23-12-8-7-9-13-23)32-25-17-15-22(16-18-25)20-31-29(36)37-30(2,3)4/h7-19,26,32H,6,20H2,1-5H3,(H,31,36). The summed E-state index contributed by atoms with van der Waals surface area (Å²) in [5.74, 6) is 1.52. The summed E-state index contributed by atoms with van der Waals surface area (Å²) >= 11 is 0. The van der Waals surface area contributed by atoms with Crippen LogP contribution < -0.4 is 10.6 Å². The molecule has 2 N–H and O–H groups in total. The van der Waals surface area contributed by atoms with Gasteiger partial charge in [0, 0.05) is 24.8 Å². The third-order valence-electron chi connectivity index (χ3n) is 5.88. The number of carbonyl (C=O) groups excluding carboxylic acids is 1. The third kappa shape index (κ3) is 6.97. The molecule has 0 aliphatic carbocycles. The van der Waals surface area contributed by atoms with Crippen molar-refractivity contribution in [2.24, 2.45) is 7.05 Å². The van der Waals surface area contributed by atoms with E-state index < -0.39 is 11.7 Å². The van der Waals surface area contributed by atoms with Crippen LogP contribution in [0.15, 0.2) is 78.9 Å². The fraction of sp³-hybridized carbons (Fsp3) is 0.300. The zero-order valence-corrected chi connectivity index (χ0v) is 22.2. The van der Waals surface area contributed by atoms with Crippen LogP contribution >= 0.6 is 0 Å². The van der Waals surface area contributed by atoms with Crippen molar-refractivity contribution < 1.29 is 9.53 Å². The number of aryl methyl sites for hydroxylation is 2. The van der Waals surface area contributed by atoms with E-state index in [2.05, 4.69) is 41.8 Å². The fourth-order valence-electron chi connectivity index (χ4n) is 4.02. The summed E-state index contributed by atoms with van der Waals surface area (Å²) in [6.45, 7) is 8.08. The van der Waals surface area contributed by atoms with E-state index in [4.69, 9.17) is 14.8 Å². The SMILES string of the molecule is CCc1cccc(C(Nc2ccc(CNC(=O)OC(C)(C)C)cc2)c2nc(-c3ccccc3)nn2C)c1. The van der Waals surface area contributed by atoms with Crippen molar-refractivity contribution in [1.29, 1.82) is 0 Å². The molecule has 1 unspecified atom stereocenters. The van der Waals surface area contributed by atoms with Gasteiger partial charge in [0.1, 0.15) is 11.6 Å². The molecular weight excluding hydrogens is 462 g/mol. The molecule has 7 heteroatoms. The van der Waals surface area contributed by atoms with Crippen molar-refractivity contribution in [2.45, 2.75) is 52.3 Å².